The first-order chi connectivity index (χ1) is 8.05. The lowest BCUT2D eigenvalue weighted by atomic mass is 10.2. The number of alkyl halides is 3. The van der Waals surface area contributed by atoms with Gasteiger partial charge >= 0.3 is 0 Å². The third-order valence-electron chi connectivity index (χ3n) is 2.17. The Labute approximate surface area is 102 Å². The summed E-state index contributed by atoms with van der Waals surface area (Å²) in [5.74, 6) is -3.01. The largest absolute Gasteiger partial charge is 0.282 e. The molecule has 0 fully saturated rings. The lowest BCUT2D eigenvalue weighted by Crippen LogP contribution is -2.18. The molecule has 0 aliphatic carbocycles. The van der Waals surface area contributed by atoms with Crippen LogP contribution >= 0.6 is 11.8 Å². The molecule has 1 aromatic rings. The SMILES string of the molecule is O=C(SCCC(F)(F)CCF)c1ccccc1. The van der Waals surface area contributed by atoms with Gasteiger partial charge in [0.25, 0.3) is 5.92 Å². The molecule has 17 heavy (non-hydrogen) atoms. The first kappa shape index (κ1) is 14.1. The highest BCUT2D eigenvalue weighted by Crippen LogP contribution is 2.26. The normalized spacial score (nSPS) is 11.5. The Morgan fingerprint density at radius 1 is 1.18 bits per heavy atom. The average molecular weight is 262 g/mol. The summed E-state index contributed by atoms with van der Waals surface area (Å²) in [4.78, 5) is 11.5. The number of halogens is 3. The van der Waals surface area contributed by atoms with Crippen molar-refractivity contribution in [1.82, 2.24) is 0 Å². The first-order valence-electron chi connectivity index (χ1n) is 5.21. The van der Waals surface area contributed by atoms with Gasteiger partial charge in [-0.25, -0.2) is 8.78 Å². The first-order valence-corrected chi connectivity index (χ1v) is 6.20. The van der Waals surface area contributed by atoms with E-state index in [2.05, 4.69) is 0 Å². The van der Waals surface area contributed by atoms with Crippen molar-refractivity contribution in [3.05, 3.63) is 35.9 Å². The summed E-state index contributed by atoms with van der Waals surface area (Å²) >= 11 is 0.841. The second-order valence-electron chi connectivity index (χ2n) is 3.55. The fraction of sp³-hybridized carbons (Fsp3) is 0.417. The van der Waals surface area contributed by atoms with Crippen LogP contribution in [0.5, 0.6) is 0 Å². The standard InChI is InChI=1S/C12H13F3OS/c13-8-6-12(14,15)7-9-17-11(16)10-4-2-1-3-5-10/h1-5H,6-9H2. The van der Waals surface area contributed by atoms with Crippen molar-refractivity contribution < 1.29 is 18.0 Å². The van der Waals surface area contributed by atoms with Crippen LogP contribution in [-0.2, 0) is 0 Å². The molecule has 0 aliphatic rings. The van der Waals surface area contributed by atoms with Crippen molar-refractivity contribution in [3.8, 4) is 0 Å². The molecule has 0 heterocycles. The van der Waals surface area contributed by atoms with Gasteiger partial charge in [-0.05, 0) is 0 Å². The van der Waals surface area contributed by atoms with Gasteiger partial charge in [0.1, 0.15) is 0 Å². The maximum Gasteiger partial charge on any atom is 0.251 e. The molecule has 5 heteroatoms. The van der Waals surface area contributed by atoms with Gasteiger partial charge in [-0.1, -0.05) is 42.1 Å². The summed E-state index contributed by atoms with van der Waals surface area (Å²) in [6.45, 7) is -1.04. The fourth-order valence-electron chi connectivity index (χ4n) is 1.21. The molecule has 0 saturated heterocycles. The minimum absolute atomic E-state index is 0.000722. The zero-order chi connectivity index (χ0) is 12.7. The summed E-state index contributed by atoms with van der Waals surface area (Å²) in [6.07, 6.45) is -1.24. The molecule has 0 aromatic heterocycles. The highest BCUT2D eigenvalue weighted by atomic mass is 32.2. The van der Waals surface area contributed by atoms with Gasteiger partial charge in [-0.2, -0.15) is 0 Å². The zero-order valence-electron chi connectivity index (χ0n) is 9.17. The zero-order valence-corrected chi connectivity index (χ0v) is 9.98. The number of hydrogen-bond acceptors (Lipinski definition) is 2. The van der Waals surface area contributed by atoms with Crippen LogP contribution in [0.1, 0.15) is 23.2 Å². The van der Waals surface area contributed by atoms with E-state index in [0.29, 0.717) is 5.56 Å². The maximum absolute atomic E-state index is 12.9. The van der Waals surface area contributed by atoms with Crippen LogP contribution in [0.15, 0.2) is 30.3 Å². The molecule has 0 amide bonds. The van der Waals surface area contributed by atoms with E-state index in [-0.39, 0.29) is 10.9 Å². The Bertz CT molecular complexity index is 354. The van der Waals surface area contributed by atoms with E-state index in [1.807, 2.05) is 0 Å². The molecule has 0 N–H and O–H groups in total. The van der Waals surface area contributed by atoms with Crippen molar-refractivity contribution in [2.45, 2.75) is 18.8 Å². The van der Waals surface area contributed by atoms with E-state index < -0.39 is 25.4 Å². The Balaban J connectivity index is 2.35. The molecule has 94 valence electrons. The summed E-state index contributed by atoms with van der Waals surface area (Å²) in [5, 5.41) is -0.235. The molecule has 0 atom stereocenters. The quantitative estimate of drug-likeness (QED) is 0.772. The van der Waals surface area contributed by atoms with E-state index >= 15 is 0 Å². The molecule has 0 aliphatic heterocycles. The van der Waals surface area contributed by atoms with Crippen LogP contribution in [0, 0.1) is 0 Å². The molecule has 0 spiro atoms. The molecule has 1 rings (SSSR count). The van der Waals surface area contributed by atoms with Gasteiger partial charge in [-0.3, -0.25) is 9.18 Å². The molecule has 0 unspecified atom stereocenters. The summed E-state index contributed by atoms with van der Waals surface area (Å²) < 4.78 is 37.6. The predicted molar refractivity (Wildman–Crippen MR) is 63.4 cm³/mol. The molecule has 1 nitrogen and oxygen atoms in total. The molecular formula is C12H13F3OS. The highest BCUT2D eigenvalue weighted by molar-refractivity contribution is 8.14. The van der Waals surface area contributed by atoms with Crippen LogP contribution in [0.25, 0.3) is 0 Å². The van der Waals surface area contributed by atoms with Crippen molar-refractivity contribution in [2.24, 2.45) is 0 Å². The lowest BCUT2D eigenvalue weighted by molar-refractivity contribution is -0.0153. The van der Waals surface area contributed by atoms with Crippen molar-refractivity contribution >= 4 is 16.9 Å². The number of rotatable bonds is 6. The van der Waals surface area contributed by atoms with Crippen LogP contribution in [0.2, 0.25) is 0 Å². The van der Waals surface area contributed by atoms with Crippen LogP contribution in [-0.4, -0.2) is 23.5 Å². The summed E-state index contributed by atoms with van der Waals surface area (Å²) in [7, 11) is 0. The summed E-state index contributed by atoms with van der Waals surface area (Å²) in [6, 6.07) is 8.47. The second kappa shape index (κ2) is 6.69. The van der Waals surface area contributed by atoms with Crippen LogP contribution in [0.4, 0.5) is 13.2 Å². The highest BCUT2D eigenvalue weighted by Gasteiger charge is 2.28. The third kappa shape index (κ3) is 5.26. The van der Waals surface area contributed by atoms with Gasteiger partial charge in [0.05, 0.1) is 6.67 Å². The van der Waals surface area contributed by atoms with E-state index in [4.69, 9.17) is 0 Å². The number of benzene rings is 1. The van der Waals surface area contributed by atoms with E-state index in [9.17, 15) is 18.0 Å². The number of hydrogen-bond donors (Lipinski definition) is 0. The van der Waals surface area contributed by atoms with Crippen molar-refractivity contribution in [1.29, 1.82) is 0 Å². The monoisotopic (exact) mass is 262 g/mol. The maximum atomic E-state index is 12.9. The second-order valence-corrected chi connectivity index (χ2v) is 4.61. The summed E-state index contributed by atoms with van der Waals surface area (Å²) in [5.41, 5.74) is 0.492. The van der Waals surface area contributed by atoms with E-state index in [1.165, 1.54) is 0 Å². The molecule has 0 saturated carbocycles. The lowest BCUT2D eigenvalue weighted by Gasteiger charge is -2.13. The number of thioether (sulfide) groups is 1. The molecule has 1 aromatic carbocycles. The van der Waals surface area contributed by atoms with Crippen molar-refractivity contribution in [2.75, 3.05) is 12.4 Å². The molecular weight excluding hydrogens is 249 g/mol. The fourth-order valence-corrected chi connectivity index (χ4v) is 2.10. The van der Waals surface area contributed by atoms with Gasteiger partial charge in [0, 0.05) is 24.2 Å². The predicted octanol–water partition coefficient (Wildman–Crippen LogP) is 3.95. The Morgan fingerprint density at radius 3 is 2.41 bits per heavy atom. The van der Waals surface area contributed by atoms with Gasteiger partial charge in [0.2, 0.25) is 5.12 Å². The number of carbonyl (C=O) groups excluding carboxylic acids is 1. The Hall–Kier alpha value is -0.970. The minimum Gasteiger partial charge on any atom is -0.282 e. The van der Waals surface area contributed by atoms with Crippen LogP contribution in [0.3, 0.4) is 0 Å². The molecule has 0 bridgehead atoms. The van der Waals surface area contributed by atoms with Gasteiger partial charge in [0.15, 0.2) is 0 Å². The van der Waals surface area contributed by atoms with E-state index in [1.54, 1.807) is 30.3 Å². The topological polar surface area (TPSA) is 17.1 Å². The Morgan fingerprint density at radius 2 is 1.82 bits per heavy atom. The minimum atomic E-state index is -3.02. The Kier molecular flexibility index (Phi) is 5.55. The average Bonchev–Trinajstić information content (AvgIpc) is 2.29. The van der Waals surface area contributed by atoms with Gasteiger partial charge in [-0.15, -0.1) is 0 Å². The smallest absolute Gasteiger partial charge is 0.251 e. The van der Waals surface area contributed by atoms with E-state index in [0.717, 1.165) is 11.8 Å². The number of carbonyl (C=O) groups is 1. The molecule has 0 radical (unpaired) electrons. The van der Waals surface area contributed by atoms with Gasteiger partial charge < -0.3 is 0 Å². The van der Waals surface area contributed by atoms with Crippen molar-refractivity contribution in [3.63, 3.8) is 0 Å². The third-order valence-corrected chi connectivity index (χ3v) is 3.08. The van der Waals surface area contributed by atoms with Crippen LogP contribution < -0.4 is 0 Å².